The topological polar surface area (TPSA) is 93.4 Å². The Morgan fingerprint density at radius 1 is 0.969 bits per heavy atom. The van der Waals surface area contributed by atoms with E-state index in [1.165, 1.54) is 12.1 Å². The molecule has 0 fully saturated rings. The van der Waals surface area contributed by atoms with Gasteiger partial charge in [0.1, 0.15) is 6.07 Å². The first-order valence-electron chi connectivity index (χ1n) is 9.96. The van der Waals surface area contributed by atoms with Crippen molar-refractivity contribution >= 4 is 21.7 Å². The van der Waals surface area contributed by atoms with Gasteiger partial charge in [0.25, 0.3) is 0 Å². The second kappa shape index (κ2) is 11.1. The molecule has 2 aromatic carbocycles. The van der Waals surface area contributed by atoms with Crippen molar-refractivity contribution in [3.05, 3.63) is 87.7 Å². The molecular weight excluding hydrogens is 464 g/mol. The van der Waals surface area contributed by atoms with E-state index in [1.807, 2.05) is 61.7 Å². The Morgan fingerprint density at radius 2 is 1.53 bits per heavy atom. The summed E-state index contributed by atoms with van der Waals surface area (Å²) < 4.78 is 2.86. The highest BCUT2D eigenvalue weighted by Crippen LogP contribution is 2.38. The molecule has 0 spiro atoms. The van der Waals surface area contributed by atoms with Crippen molar-refractivity contribution in [2.24, 2.45) is 5.41 Å². The number of halogens is 1. The molecule has 1 aromatic heterocycles. The Morgan fingerprint density at radius 3 is 2.00 bits per heavy atom. The van der Waals surface area contributed by atoms with E-state index in [-0.39, 0.29) is 11.2 Å². The van der Waals surface area contributed by atoms with Crippen LogP contribution < -0.4 is 0 Å². The first kappa shape index (κ1) is 24.6. The molecule has 32 heavy (non-hydrogen) atoms. The lowest BCUT2D eigenvalue weighted by atomic mass is 9.75. The Balaban J connectivity index is 0.000000301. The number of ketones is 1. The van der Waals surface area contributed by atoms with E-state index in [0.29, 0.717) is 12.0 Å². The van der Waals surface area contributed by atoms with Crippen molar-refractivity contribution in [2.75, 3.05) is 0 Å². The zero-order valence-electron chi connectivity index (χ0n) is 18.3. The average molecular weight is 487 g/mol. The third kappa shape index (κ3) is 6.17. The fraction of sp³-hybridized carbons (Fsp3) is 0.231. The molecule has 0 aliphatic heterocycles. The van der Waals surface area contributed by atoms with Crippen molar-refractivity contribution in [3.8, 4) is 23.9 Å². The molecule has 5 nitrogen and oxygen atoms in total. The predicted molar refractivity (Wildman–Crippen MR) is 127 cm³/mol. The molecule has 0 radical (unpaired) electrons. The van der Waals surface area contributed by atoms with Crippen LogP contribution in [0.15, 0.2) is 65.3 Å². The minimum absolute atomic E-state index is 0.0174. The predicted octanol–water partition coefficient (Wildman–Crippen LogP) is 6.30. The van der Waals surface area contributed by atoms with Crippen LogP contribution in [0.5, 0.6) is 0 Å². The van der Waals surface area contributed by atoms with Gasteiger partial charge >= 0.3 is 0 Å². The molecule has 3 aromatic rings. The summed E-state index contributed by atoms with van der Waals surface area (Å²) in [7, 11) is 0. The minimum atomic E-state index is -0.0174. The van der Waals surface area contributed by atoms with Crippen LogP contribution in [0.4, 0.5) is 0 Å². The molecule has 4 rings (SSSR count). The van der Waals surface area contributed by atoms with Gasteiger partial charge in [0.15, 0.2) is 17.9 Å². The summed E-state index contributed by atoms with van der Waals surface area (Å²) in [6, 6.07) is 22.3. The molecule has 0 atom stereocenters. The average Bonchev–Trinajstić information content (AvgIpc) is 3.10. The van der Waals surface area contributed by atoms with Crippen LogP contribution in [0, 0.1) is 46.3 Å². The number of rotatable bonds is 1. The largest absolute Gasteiger partial charge is 0.320 e. The van der Waals surface area contributed by atoms with Crippen LogP contribution in [0.25, 0.3) is 5.69 Å². The van der Waals surface area contributed by atoms with Crippen LogP contribution in [-0.2, 0) is 6.42 Å². The molecule has 0 saturated carbocycles. The van der Waals surface area contributed by atoms with Gasteiger partial charge in [-0.3, -0.25) is 4.79 Å². The van der Waals surface area contributed by atoms with E-state index in [4.69, 9.17) is 15.8 Å². The Bertz CT molecular complexity index is 1180. The van der Waals surface area contributed by atoms with Gasteiger partial charge < -0.3 is 4.57 Å². The SMILES string of the molecule is Cc1cn(-c2ccc(C#N)c(Br)c2)c2c1C(=O)CC(C)(C)C2.N#CC#N.c1ccccc1. The van der Waals surface area contributed by atoms with Crippen LogP contribution in [0.3, 0.4) is 0 Å². The number of aryl methyl sites for hydroxylation is 1. The molecule has 1 aliphatic rings. The van der Waals surface area contributed by atoms with Gasteiger partial charge in [0.2, 0.25) is 0 Å². The summed E-state index contributed by atoms with van der Waals surface area (Å²) in [6.07, 6.45) is 3.50. The number of Topliss-reactive ketones (excluding diaryl/α,β-unsaturated/α-hetero) is 1. The second-order valence-corrected chi connectivity index (χ2v) is 8.95. The molecule has 0 N–H and O–H groups in total. The maximum Gasteiger partial charge on any atom is 0.181 e. The van der Waals surface area contributed by atoms with Crippen LogP contribution in [0.1, 0.15) is 47.4 Å². The maximum absolute atomic E-state index is 12.5. The van der Waals surface area contributed by atoms with Gasteiger partial charge in [-0.15, -0.1) is 0 Å². The molecule has 0 amide bonds. The molecule has 1 aliphatic carbocycles. The van der Waals surface area contributed by atoms with Crippen LogP contribution in [-0.4, -0.2) is 10.4 Å². The smallest absolute Gasteiger partial charge is 0.181 e. The summed E-state index contributed by atoms with van der Waals surface area (Å²) in [4.78, 5) is 12.5. The number of carbonyl (C=O) groups excluding carboxylic acids is 1. The van der Waals surface area contributed by atoms with Crippen molar-refractivity contribution in [1.29, 1.82) is 15.8 Å². The summed E-state index contributed by atoms with van der Waals surface area (Å²) >= 11 is 3.44. The monoisotopic (exact) mass is 486 g/mol. The minimum Gasteiger partial charge on any atom is -0.320 e. The fourth-order valence-electron chi connectivity index (χ4n) is 3.64. The Kier molecular flexibility index (Phi) is 8.54. The van der Waals surface area contributed by atoms with Gasteiger partial charge in [-0.05, 0) is 58.5 Å². The quantitative estimate of drug-likeness (QED) is 0.403. The zero-order chi connectivity index (χ0) is 23.7. The first-order valence-corrected chi connectivity index (χ1v) is 10.8. The molecule has 0 bridgehead atoms. The number of fused-ring (bicyclic) bond motifs is 1. The Hall–Kier alpha value is -3.66. The second-order valence-electron chi connectivity index (χ2n) is 8.10. The summed E-state index contributed by atoms with van der Waals surface area (Å²) in [5, 5.41) is 23.6. The van der Waals surface area contributed by atoms with Gasteiger partial charge in [-0.25, -0.2) is 0 Å². The summed E-state index contributed by atoms with van der Waals surface area (Å²) in [5.41, 5.74) is 4.54. The van der Waals surface area contributed by atoms with Crippen molar-refractivity contribution in [2.45, 2.75) is 33.6 Å². The van der Waals surface area contributed by atoms with Crippen molar-refractivity contribution in [1.82, 2.24) is 4.57 Å². The summed E-state index contributed by atoms with van der Waals surface area (Å²) in [6.45, 7) is 6.26. The van der Waals surface area contributed by atoms with Crippen molar-refractivity contribution < 1.29 is 4.79 Å². The molecule has 1 heterocycles. The normalized spacial score (nSPS) is 13.0. The molecule has 0 unspecified atom stereocenters. The van der Waals surface area contributed by atoms with E-state index in [9.17, 15) is 4.79 Å². The number of nitrogens with zero attached hydrogens (tertiary/aromatic N) is 4. The maximum atomic E-state index is 12.5. The number of carbonyl (C=O) groups is 1. The zero-order valence-corrected chi connectivity index (χ0v) is 19.8. The standard InChI is InChI=1S/C18H17BrN2O.C6H6.C2N2/c1-11-10-21(13-5-4-12(9-20)14(19)6-13)15-7-18(2,3)8-16(22)17(11)15;1-2-4-6-5-3-1;3-1-2-4/h4-6,10H,7-8H2,1-3H3;1-6H;. The van der Waals surface area contributed by atoms with E-state index in [0.717, 1.165) is 33.4 Å². The van der Waals surface area contributed by atoms with Crippen LogP contribution in [0.2, 0.25) is 0 Å². The number of hydrogen-bond donors (Lipinski definition) is 0. The highest BCUT2D eigenvalue weighted by molar-refractivity contribution is 9.10. The molecular formula is C26H23BrN4O. The number of benzene rings is 2. The summed E-state index contributed by atoms with van der Waals surface area (Å²) in [5.74, 6) is 0.232. The lowest BCUT2D eigenvalue weighted by Gasteiger charge is -2.30. The number of hydrogen-bond acceptors (Lipinski definition) is 4. The van der Waals surface area contributed by atoms with Gasteiger partial charge in [-0.2, -0.15) is 15.8 Å². The number of nitriles is 3. The van der Waals surface area contributed by atoms with E-state index >= 15 is 0 Å². The molecule has 0 saturated heterocycles. The fourth-order valence-corrected chi connectivity index (χ4v) is 4.09. The van der Waals surface area contributed by atoms with Crippen molar-refractivity contribution in [3.63, 3.8) is 0 Å². The third-order valence-electron chi connectivity index (χ3n) is 4.93. The third-order valence-corrected chi connectivity index (χ3v) is 5.58. The highest BCUT2D eigenvalue weighted by atomic mass is 79.9. The molecule has 160 valence electrons. The van der Waals surface area contributed by atoms with E-state index in [2.05, 4.69) is 40.4 Å². The van der Waals surface area contributed by atoms with E-state index < -0.39 is 0 Å². The first-order chi connectivity index (χ1) is 15.2. The van der Waals surface area contributed by atoms with Crippen LogP contribution >= 0.6 is 15.9 Å². The lowest BCUT2D eigenvalue weighted by molar-refractivity contribution is 0.0910. The Labute approximate surface area is 197 Å². The number of aromatic nitrogens is 1. The highest BCUT2D eigenvalue weighted by Gasteiger charge is 2.34. The van der Waals surface area contributed by atoms with Gasteiger partial charge in [0, 0.05) is 34.0 Å². The van der Waals surface area contributed by atoms with E-state index in [1.54, 1.807) is 6.07 Å². The van der Waals surface area contributed by atoms with Gasteiger partial charge in [-0.1, -0.05) is 50.2 Å². The lowest BCUT2D eigenvalue weighted by Crippen LogP contribution is -2.28. The van der Waals surface area contributed by atoms with Gasteiger partial charge in [0.05, 0.1) is 5.56 Å². The molecule has 6 heteroatoms.